The lowest BCUT2D eigenvalue weighted by molar-refractivity contribution is -0.384. The number of anilines is 1. The van der Waals surface area contributed by atoms with Crippen molar-refractivity contribution in [2.75, 3.05) is 5.32 Å². The second kappa shape index (κ2) is 7.29. The summed E-state index contributed by atoms with van der Waals surface area (Å²) in [7, 11) is 0. The first-order valence-corrected chi connectivity index (χ1v) is 8.05. The number of benzene rings is 2. The summed E-state index contributed by atoms with van der Waals surface area (Å²) >= 11 is 0. The van der Waals surface area contributed by atoms with Crippen molar-refractivity contribution in [3.8, 4) is 5.75 Å². The lowest BCUT2D eigenvalue weighted by atomic mass is 10.2. The van der Waals surface area contributed by atoms with Crippen LogP contribution in [0.15, 0.2) is 42.5 Å². The Balaban J connectivity index is 1.68. The molecular weight excluding hydrogens is 327 g/mol. The highest BCUT2D eigenvalue weighted by Crippen LogP contribution is 2.25. The van der Waals surface area contributed by atoms with E-state index in [1.54, 1.807) is 24.3 Å². The minimum absolute atomic E-state index is 0.221. The van der Waals surface area contributed by atoms with Crippen LogP contribution in [0.4, 0.5) is 15.8 Å². The highest BCUT2D eigenvalue weighted by Gasteiger charge is 2.17. The number of carbonyl (C=O) groups is 1. The van der Waals surface area contributed by atoms with Gasteiger partial charge in [0.1, 0.15) is 11.6 Å². The van der Waals surface area contributed by atoms with Crippen LogP contribution >= 0.6 is 0 Å². The Morgan fingerprint density at radius 2 is 1.84 bits per heavy atom. The number of nitro benzene ring substituents is 1. The SMILES string of the molecule is O=C(Nc1cc([N+](=O)[O-])ccc1F)c1ccc(OC2CCCC2)cc1. The van der Waals surface area contributed by atoms with Gasteiger partial charge in [0.15, 0.2) is 0 Å². The minimum Gasteiger partial charge on any atom is -0.490 e. The number of hydrogen-bond donors (Lipinski definition) is 1. The molecule has 1 N–H and O–H groups in total. The topological polar surface area (TPSA) is 81.5 Å². The summed E-state index contributed by atoms with van der Waals surface area (Å²) in [5.74, 6) is -0.600. The molecule has 0 bridgehead atoms. The molecule has 1 saturated carbocycles. The summed E-state index contributed by atoms with van der Waals surface area (Å²) in [6.07, 6.45) is 4.63. The fourth-order valence-corrected chi connectivity index (χ4v) is 2.80. The molecule has 1 amide bonds. The largest absolute Gasteiger partial charge is 0.490 e. The summed E-state index contributed by atoms with van der Waals surface area (Å²) < 4.78 is 19.6. The summed E-state index contributed by atoms with van der Waals surface area (Å²) in [6.45, 7) is 0. The van der Waals surface area contributed by atoms with Crippen LogP contribution < -0.4 is 10.1 Å². The van der Waals surface area contributed by atoms with Gasteiger partial charge in [-0.2, -0.15) is 0 Å². The van der Waals surface area contributed by atoms with Crippen LogP contribution in [0.5, 0.6) is 5.75 Å². The maximum Gasteiger partial charge on any atom is 0.271 e. The standard InChI is InChI=1S/C18H17FN2O4/c19-16-10-7-13(21(23)24)11-17(16)20-18(22)12-5-8-15(9-6-12)25-14-3-1-2-4-14/h5-11,14H,1-4H2,(H,20,22). The van der Waals surface area contributed by atoms with Gasteiger partial charge in [-0.15, -0.1) is 0 Å². The summed E-state index contributed by atoms with van der Waals surface area (Å²) in [4.78, 5) is 22.3. The fraction of sp³-hybridized carbons (Fsp3) is 0.278. The van der Waals surface area contributed by atoms with Gasteiger partial charge in [-0.05, 0) is 56.0 Å². The van der Waals surface area contributed by atoms with Gasteiger partial charge in [-0.25, -0.2) is 4.39 Å². The molecule has 130 valence electrons. The van der Waals surface area contributed by atoms with Crippen molar-refractivity contribution in [2.45, 2.75) is 31.8 Å². The van der Waals surface area contributed by atoms with Crippen molar-refractivity contribution in [3.63, 3.8) is 0 Å². The zero-order valence-corrected chi connectivity index (χ0v) is 13.4. The number of non-ortho nitro benzene ring substituents is 1. The number of hydrogen-bond acceptors (Lipinski definition) is 4. The Morgan fingerprint density at radius 3 is 2.48 bits per heavy atom. The molecule has 0 spiro atoms. The normalized spacial score (nSPS) is 14.3. The molecule has 3 rings (SSSR count). The van der Waals surface area contributed by atoms with Crippen LogP contribution in [0, 0.1) is 15.9 Å². The molecule has 0 saturated heterocycles. The molecule has 1 aliphatic carbocycles. The second-order valence-corrected chi connectivity index (χ2v) is 5.92. The summed E-state index contributed by atoms with van der Waals surface area (Å²) in [5, 5.41) is 13.1. The van der Waals surface area contributed by atoms with Gasteiger partial charge in [-0.3, -0.25) is 14.9 Å². The summed E-state index contributed by atoms with van der Waals surface area (Å²) in [5.41, 5.74) is -0.216. The number of carbonyl (C=O) groups excluding carboxylic acids is 1. The number of ether oxygens (including phenoxy) is 1. The van der Waals surface area contributed by atoms with E-state index in [2.05, 4.69) is 5.32 Å². The predicted octanol–water partition coefficient (Wildman–Crippen LogP) is 4.31. The van der Waals surface area contributed by atoms with Crippen molar-refractivity contribution in [3.05, 3.63) is 64.0 Å². The first kappa shape index (κ1) is 16.9. The van der Waals surface area contributed by atoms with Crippen molar-refractivity contribution >= 4 is 17.3 Å². The summed E-state index contributed by atoms with van der Waals surface area (Å²) in [6, 6.07) is 9.52. The lowest BCUT2D eigenvalue weighted by Crippen LogP contribution is -2.14. The molecule has 0 aromatic heterocycles. The monoisotopic (exact) mass is 344 g/mol. The fourth-order valence-electron chi connectivity index (χ4n) is 2.80. The van der Waals surface area contributed by atoms with Crippen LogP contribution in [0.25, 0.3) is 0 Å². The van der Waals surface area contributed by atoms with Gasteiger partial charge in [0, 0.05) is 17.7 Å². The first-order chi connectivity index (χ1) is 12.0. The van der Waals surface area contributed by atoms with Gasteiger partial charge in [-0.1, -0.05) is 0 Å². The number of amides is 1. The van der Waals surface area contributed by atoms with Crippen LogP contribution in [0.1, 0.15) is 36.0 Å². The lowest BCUT2D eigenvalue weighted by Gasteiger charge is -2.13. The van der Waals surface area contributed by atoms with E-state index in [4.69, 9.17) is 4.74 Å². The first-order valence-electron chi connectivity index (χ1n) is 8.05. The van der Waals surface area contributed by atoms with Crippen molar-refractivity contribution in [1.82, 2.24) is 0 Å². The van der Waals surface area contributed by atoms with Gasteiger partial charge in [0.2, 0.25) is 0 Å². The molecule has 7 heteroatoms. The highest BCUT2D eigenvalue weighted by atomic mass is 19.1. The van der Waals surface area contributed by atoms with E-state index in [0.29, 0.717) is 11.3 Å². The molecule has 0 unspecified atom stereocenters. The minimum atomic E-state index is -0.736. The zero-order chi connectivity index (χ0) is 17.8. The van der Waals surface area contributed by atoms with E-state index in [0.717, 1.165) is 31.0 Å². The van der Waals surface area contributed by atoms with Crippen LogP contribution in [-0.4, -0.2) is 16.9 Å². The van der Waals surface area contributed by atoms with E-state index in [-0.39, 0.29) is 17.5 Å². The predicted molar refractivity (Wildman–Crippen MR) is 90.3 cm³/mol. The third-order valence-corrected chi connectivity index (χ3v) is 4.13. The third kappa shape index (κ3) is 4.12. The van der Waals surface area contributed by atoms with Gasteiger partial charge in [0.05, 0.1) is 16.7 Å². The van der Waals surface area contributed by atoms with Crippen LogP contribution in [-0.2, 0) is 0 Å². The molecule has 25 heavy (non-hydrogen) atoms. The van der Waals surface area contributed by atoms with Crippen molar-refractivity contribution in [2.24, 2.45) is 0 Å². The smallest absolute Gasteiger partial charge is 0.271 e. The molecule has 6 nitrogen and oxygen atoms in total. The third-order valence-electron chi connectivity index (χ3n) is 4.13. The number of halogens is 1. The Labute approximate surface area is 143 Å². The highest BCUT2D eigenvalue weighted by molar-refractivity contribution is 6.04. The Hall–Kier alpha value is -2.96. The van der Waals surface area contributed by atoms with Crippen LogP contribution in [0.2, 0.25) is 0 Å². The quantitative estimate of drug-likeness (QED) is 0.647. The maximum atomic E-state index is 13.7. The average Bonchev–Trinajstić information content (AvgIpc) is 3.10. The maximum absolute atomic E-state index is 13.7. The molecule has 2 aromatic carbocycles. The molecule has 0 radical (unpaired) electrons. The number of rotatable bonds is 5. The molecule has 0 atom stereocenters. The zero-order valence-electron chi connectivity index (χ0n) is 13.4. The average molecular weight is 344 g/mol. The molecule has 0 heterocycles. The van der Waals surface area contributed by atoms with Crippen molar-refractivity contribution < 1.29 is 18.8 Å². The van der Waals surface area contributed by atoms with Crippen molar-refractivity contribution in [1.29, 1.82) is 0 Å². The van der Waals surface area contributed by atoms with Crippen LogP contribution in [0.3, 0.4) is 0 Å². The Morgan fingerprint density at radius 1 is 1.16 bits per heavy atom. The number of nitro groups is 1. The van der Waals surface area contributed by atoms with E-state index in [9.17, 15) is 19.3 Å². The van der Waals surface area contributed by atoms with E-state index < -0.39 is 16.6 Å². The Kier molecular flexibility index (Phi) is 4.92. The van der Waals surface area contributed by atoms with Gasteiger partial charge >= 0.3 is 0 Å². The van der Waals surface area contributed by atoms with E-state index in [1.807, 2.05) is 0 Å². The number of nitrogens with one attached hydrogen (secondary N) is 1. The number of nitrogens with zero attached hydrogens (tertiary/aromatic N) is 1. The molecule has 1 aliphatic rings. The molecule has 2 aromatic rings. The van der Waals surface area contributed by atoms with E-state index >= 15 is 0 Å². The second-order valence-electron chi connectivity index (χ2n) is 5.92. The molecular formula is C18H17FN2O4. The molecule has 1 fully saturated rings. The van der Waals surface area contributed by atoms with E-state index in [1.165, 1.54) is 12.8 Å². The Bertz CT molecular complexity index is 786. The van der Waals surface area contributed by atoms with Gasteiger partial charge < -0.3 is 10.1 Å². The van der Waals surface area contributed by atoms with Gasteiger partial charge in [0.25, 0.3) is 11.6 Å². The molecule has 0 aliphatic heterocycles.